The zero-order valence-electron chi connectivity index (χ0n) is 9.87. The summed E-state index contributed by atoms with van der Waals surface area (Å²) in [7, 11) is 0. The smallest absolute Gasteiger partial charge is 0.0195 e. The molecule has 0 aromatic heterocycles. The minimum atomic E-state index is 0.766. The number of thioether (sulfide) groups is 1. The quantitative estimate of drug-likeness (QED) is 0.778. The van der Waals surface area contributed by atoms with Crippen LogP contribution in [0.1, 0.15) is 32.6 Å². The van der Waals surface area contributed by atoms with Gasteiger partial charge in [0.2, 0.25) is 0 Å². The fraction of sp³-hybridized carbons (Fsp3) is 1.00. The lowest BCUT2D eigenvalue weighted by Crippen LogP contribution is -2.45. The average Bonchev–Trinajstić information content (AvgIpc) is 2.46. The summed E-state index contributed by atoms with van der Waals surface area (Å²) in [5.41, 5.74) is 0. The van der Waals surface area contributed by atoms with Gasteiger partial charge in [0.25, 0.3) is 0 Å². The van der Waals surface area contributed by atoms with Gasteiger partial charge in [0, 0.05) is 36.7 Å². The fourth-order valence-electron chi connectivity index (χ4n) is 2.62. The van der Waals surface area contributed by atoms with Gasteiger partial charge in [-0.05, 0) is 19.4 Å². The van der Waals surface area contributed by atoms with Crippen molar-refractivity contribution < 1.29 is 0 Å². The number of hydrogen-bond donors (Lipinski definition) is 1. The van der Waals surface area contributed by atoms with E-state index in [1.807, 2.05) is 0 Å². The molecule has 1 N–H and O–H groups in total. The molecular weight excluding hydrogens is 204 g/mol. The Balaban J connectivity index is 1.74. The van der Waals surface area contributed by atoms with E-state index in [1.54, 1.807) is 0 Å². The second-order valence-electron chi connectivity index (χ2n) is 4.94. The second kappa shape index (κ2) is 6.12. The predicted molar refractivity (Wildman–Crippen MR) is 68.6 cm³/mol. The molecule has 3 heteroatoms. The standard InChI is InChI=1S/C12H24N2S/c1-11-9-14(7-8-15-11)10-12-5-3-2-4-6-13-12/h11-13H,2-10H2,1H3. The van der Waals surface area contributed by atoms with Gasteiger partial charge in [0.05, 0.1) is 0 Å². The van der Waals surface area contributed by atoms with Gasteiger partial charge in [-0.2, -0.15) is 11.8 Å². The molecule has 2 unspecified atom stereocenters. The van der Waals surface area contributed by atoms with Crippen molar-refractivity contribution in [3.05, 3.63) is 0 Å². The summed E-state index contributed by atoms with van der Waals surface area (Å²) in [4.78, 5) is 2.66. The molecule has 0 bridgehead atoms. The lowest BCUT2D eigenvalue weighted by atomic mass is 10.1. The minimum absolute atomic E-state index is 0.766. The van der Waals surface area contributed by atoms with Crippen LogP contribution in [0, 0.1) is 0 Å². The summed E-state index contributed by atoms with van der Waals surface area (Å²) in [5.74, 6) is 1.33. The van der Waals surface area contributed by atoms with Crippen molar-refractivity contribution in [3.63, 3.8) is 0 Å². The van der Waals surface area contributed by atoms with E-state index in [9.17, 15) is 0 Å². The molecule has 2 aliphatic heterocycles. The summed E-state index contributed by atoms with van der Waals surface area (Å²) >= 11 is 2.13. The van der Waals surface area contributed by atoms with E-state index in [0.29, 0.717) is 0 Å². The lowest BCUT2D eigenvalue weighted by molar-refractivity contribution is 0.248. The average molecular weight is 228 g/mol. The first-order chi connectivity index (χ1) is 7.34. The Kier molecular flexibility index (Phi) is 4.79. The maximum atomic E-state index is 3.70. The third-order valence-corrected chi connectivity index (χ3v) is 4.60. The molecule has 2 nitrogen and oxygen atoms in total. The molecule has 0 spiro atoms. The molecule has 0 amide bonds. The van der Waals surface area contributed by atoms with Gasteiger partial charge >= 0.3 is 0 Å². The Hall–Kier alpha value is 0.270. The Morgan fingerprint density at radius 2 is 2.27 bits per heavy atom. The maximum Gasteiger partial charge on any atom is 0.0195 e. The molecule has 0 saturated carbocycles. The zero-order chi connectivity index (χ0) is 10.5. The first kappa shape index (κ1) is 11.7. The third kappa shape index (κ3) is 3.97. The highest BCUT2D eigenvalue weighted by Crippen LogP contribution is 2.19. The molecular formula is C12H24N2S. The molecule has 0 aliphatic carbocycles. The second-order valence-corrected chi connectivity index (χ2v) is 6.49. The minimum Gasteiger partial charge on any atom is -0.313 e. The van der Waals surface area contributed by atoms with Crippen molar-refractivity contribution in [2.24, 2.45) is 0 Å². The lowest BCUT2D eigenvalue weighted by Gasteiger charge is -2.33. The van der Waals surface area contributed by atoms with Crippen molar-refractivity contribution in [1.82, 2.24) is 10.2 Å². The first-order valence-corrected chi connectivity index (χ1v) is 7.47. The van der Waals surface area contributed by atoms with Gasteiger partial charge in [-0.3, -0.25) is 4.90 Å². The van der Waals surface area contributed by atoms with Crippen molar-refractivity contribution in [3.8, 4) is 0 Å². The van der Waals surface area contributed by atoms with E-state index >= 15 is 0 Å². The molecule has 0 radical (unpaired) electrons. The van der Waals surface area contributed by atoms with E-state index in [0.717, 1.165) is 11.3 Å². The highest BCUT2D eigenvalue weighted by molar-refractivity contribution is 7.99. The van der Waals surface area contributed by atoms with Crippen LogP contribution >= 0.6 is 11.8 Å². The van der Waals surface area contributed by atoms with Crippen LogP contribution < -0.4 is 5.32 Å². The van der Waals surface area contributed by atoms with Gasteiger partial charge in [0.15, 0.2) is 0 Å². The summed E-state index contributed by atoms with van der Waals surface area (Å²) in [6.07, 6.45) is 5.62. The summed E-state index contributed by atoms with van der Waals surface area (Å²) in [6, 6.07) is 0.766. The number of rotatable bonds is 2. The van der Waals surface area contributed by atoms with E-state index in [1.165, 1.54) is 57.6 Å². The van der Waals surface area contributed by atoms with Crippen LogP contribution in [-0.4, -0.2) is 48.1 Å². The summed E-state index contributed by atoms with van der Waals surface area (Å²) in [6.45, 7) is 7.47. The fourth-order valence-corrected chi connectivity index (χ4v) is 3.71. The number of nitrogens with one attached hydrogen (secondary N) is 1. The van der Waals surface area contributed by atoms with E-state index < -0.39 is 0 Å². The predicted octanol–water partition coefficient (Wildman–Crippen LogP) is 1.96. The monoisotopic (exact) mass is 228 g/mol. The first-order valence-electron chi connectivity index (χ1n) is 6.42. The van der Waals surface area contributed by atoms with Crippen molar-refractivity contribution >= 4 is 11.8 Å². The SMILES string of the molecule is CC1CN(CC2CCCCCN2)CCS1. The van der Waals surface area contributed by atoms with E-state index in [-0.39, 0.29) is 0 Å². The van der Waals surface area contributed by atoms with Crippen LogP contribution in [0.15, 0.2) is 0 Å². The van der Waals surface area contributed by atoms with Gasteiger partial charge in [-0.15, -0.1) is 0 Å². The molecule has 0 aromatic carbocycles. The van der Waals surface area contributed by atoms with Gasteiger partial charge in [-0.25, -0.2) is 0 Å². The van der Waals surface area contributed by atoms with Crippen LogP contribution in [-0.2, 0) is 0 Å². The highest BCUT2D eigenvalue weighted by Gasteiger charge is 2.20. The molecule has 15 heavy (non-hydrogen) atoms. The van der Waals surface area contributed by atoms with Crippen LogP contribution in [0.4, 0.5) is 0 Å². The molecule has 2 heterocycles. The molecule has 0 aromatic rings. The normalized spacial score (nSPS) is 35.0. The Morgan fingerprint density at radius 3 is 3.13 bits per heavy atom. The summed E-state index contributed by atoms with van der Waals surface area (Å²) in [5, 5.41) is 4.53. The molecule has 2 aliphatic rings. The number of hydrogen-bond acceptors (Lipinski definition) is 3. The zero-order valence-corrected chi connectivity index (χ0v) is 10.7. The molecule has 2 saturated heterocycles. The van der Waals surface area contributed by atoms with Gasteiger partial charge < -0.3 is 5.32 Å². The van der Waals surface area contributed by atoms with Gasteiger partial charge in [-0.1, -0.05) is 19.8 Å². The largest absolute Gasteiger partial charge is 0.313 e. The maximum absolute atomic E-state index is 3.70. The van der Waals surface area contributed by atoms with Crippen LogP contribution in [0.5, 0.6) is 0 Å². The van der Waals surface area contributed by atoms with Crippen molar-refractivity contribution in [1.29, 1.82) is 0 Å². The topological polar surface area (TPSA) is 15.3 Å². The Bertz CT molecular complexity index is 178. The Labute approximate surface area is 98.2 Å². The third-order valence-electron chi connectivity index (χ3n) is 3.47. The summed E-state index contributed by atoms with van der Waals surface area (Å²) < 4.78 is 0. The van der Waals surface area contributed by atoms with Crippen molar-refractivity contribution in [2.75, 3.05) is 31.9 Å². The van der Waals surface area contributed by atoms with Gasteiger partial charge in [0.1, 0.15) is 0 Å². The molecule has 2 rings (SSSR count). The molecule has 88 valence electrons. The highest BCUT2D eigenvalue weighted by atomic mass is 32.2. The van der Waals surface area contributed by atoms with Crippen LogP contribution in [0.2, 0.25) is 0 Å². The van der Waals surface area contributed by atoms with Crippen LogP contribution in [0.3, 0.4) is 0 Å². The van der Waals surface area contributed by atoms with E-state index in [2.05, 4.69) is 28.9 Å². The van der Waals surface area contributed by atoms with Crippen LogP contribution in [0.25, 0.3) is 0 Å². The van der Waals surface area contributed by atoms with E-state index in [4.69, 9.17) is 0 Å². The Morgan fingerprint density at radius 1 is 1.33 bits per heavy atom. The number of nitrogens with zero attached hydrogens (tertiary/aromatic N) is 1. The van der Waals surface area contributed by atoms with Crippen molar-refractivity contribution in [2.45, 2.75) is 43.9 Å². The molecule has 2 fully saturated rings. The molecule has 2 atom stereocenters.